The molecule has 0 saturated carbocycles. The van der Waals surface area contributed by atoms with Gasteiger partial charge in [0.15, 0.2) is 0 Å². The predicted octanol–water partition coefficient (Wildman–Crippen LogP) is 2.58. The van der Waals surface area contributed by atoms with E-state index < -0.39 is 0 Å². The lowest BCUT2D eigenvalue weighted by molar-refractivity contribution is -0.921. The number of rotatable bonds is 7. The van der Waals surface area contributed by atoms with Gasteiger partial charge in [-0.2, -0.15) is 5.10 Å². The van der Waals surface area contributed by atoms with Crippen molar-refractivity contribution in [2.24, 2.45) is 5.10 Å². The Morgan fingerprint density at radius 3 is 2.38 bits per heavy atom. The summed E-state index contributed by atoms with van der Waals surface area (Å²) in [7, 11) is 0. The average Bonchev–Trinajstić information content (AvgIpc) is 2.74. The minimum absolute atomic E-state index is 0.0386. The summed E-state index contributed by atoms with van der Waals surface area (Å²) in [6.45, 7) is 11.0. The van der Waals surface area contributed by atoms with E-state index in [1.807, 2.05) is 37.3 Å². The quantitative estimate of drug-likeness (QED) is 0.560. The Hall–Kier alpha value is -2.50. The first-order valence-electron chi connectivity index (χ1n) is 10.3. The molecule has 1 saturated heterocycles. The largest absolute Gasteiger partial charge is 0.370 e. The van der Waals surface area contributed by atoms with E-state index in [0.717, 1.165) is 45.0 Å². The molecule has 0 atom stereocenters. The fourth-order valence-electron chi connectivity index (χ4n) is 3.78. The Morgan fingerprint density at radius 2 is 1.72 bits per heavy atom. The molecule has 0 unspecified atom stereocenters. The van der Waals surface area contributed by atoms with Crippen LogP contribution >= 0.6 is 0 Å². The first-order valence-corrected chi connectivity index (χ1v) is 10.3. The van der Waals surface area contributed by atoms with Crippen LogP contribution in [0.3, 0.4) is 0 Å². The van der Waals surface area contributed by atoms with Gasteiger partial charge >= 0.3 is 0 Å². The number of hydrogen-bond donors (Lipinski definition) is 2. The number of hydrazone groups is 1. The summed E-state index contributed by atoms with van der Waals surface area (Å²) in [5, 5.41) is 4.33. The van der Waals surface area contributed by atoms with E-state index in [0.29, 0.717) is 5.56 Å². The molecule has 2 aromatic rings. The summed E-state index contributed by atoms with van der Waals surface area (Å²) in [6, 6.07) is 18.2. The van der Waals surface area contributed by atoms with Crippen LogP contribution in [-0.2, 0) is 16.7 Å². The van der Waals surface area contributed by atoms with E-state index in [1.54, 1.807) is 0 Å². The molecular formula is C24H32N3O2+. The van der Waals surface area contributed by atoms with Gasteiger partial charge in [0.2, 0.25) is 0 Å². The molecule has 0 aromatic heterocycles. The maximum absolute atomic E-state index is 12.4. The van der Waals surface area contributed by atoms with Gasteiger partial charge in [-0.1, -0.05) is 56.3 Å². The molecule has 3 rings (SSSR count). The van der Waals surface area contributed by atoms with Crippen molar-refractivity contribution in [1.82, 2.24) is 5.43 Å². The highest BCUT2D eigenvalue weighted by atomic mass is 16.5. The highest BCUT2D eigenvalue weighted by molar-refractivity contribution is 5.95. The number of morpholine rings is 1. The fraction of sp³-hybridized carbons (Fsp3) is 0.417. The van der Waals surface area contributed by atoms with Gasteiger partial charge in [-0.25, -0.2) is 5.43 Å². The van der Waals surface area contributed by atoms with Crippen molar-refractivity contribution >= 4 is 11.6 Å². The number of carbonyl (C=O) groups excluding carboxylic acids is 1. The molecule has 2 aromatic carbocycles. The standard InChI is InChI=1S/C24H31N3O2/c1-19(17-24(2,3)22-7-5-4-6-8-22)25-26-23(28)21-11-9-20(10-12-21)18-27-13-15-29-16-14-27/h4-12H,13-18H2,1-3H3,(H,26,28)/p+1/b25-19-. The molecule has 1 aliphatic rings. The normalized spacial score (nSPS) is 15.9. The maximum Gasteiger partial charge on any atom is 0.271 e. The minimum Gasteiger partial charge on any atom is -0.370 e. The number of nitrogens with one attached hydrogen (secondary N) is 2. The number of quaternary nitrogens is 1. The summed E-state index contributed by atoms with van der Waals surface area (Å²) >= 11 is 0. The number of benzene rings is 2. The van der Waals surface area contributed by atoms with Gasteiger partial charge in [0.05, 0.1) is 13.2 Å². The van der Waals surface area contributed by atoms with Crippen molar-refractivity contribution in [3.63, 3.8) is 0 Å². The maximum atomic E-state index is 12.4. The molecular weight excluding hydrogens is 362 g/mol. The lowest BCUT2D eigenvalue weighted by Crippen LogP contribution is -3.12. The average molecular weight is 395 g/mol. The highest BCUT2D eigenvalue weighted by Crippen LogP contribution is 2.27. The van der Waals surface area contributed by atoms with Gasteiger partial charge in [0.1, 0.15) is 19.6 Å². The van der Waals surface area contributed by atoms with Crippen LogP contribution in [0, 0.1) is 0 Å². The zero-order valence-corrected chi connectivity index (χ0v) is 17.7. The smallest absolute Gasteiger partial charge is 0.271 e. The molecule has 0 aliphatic carbocycles. The van der Waals surface area contributed by atoms with Crippen molar-refractivity contribution in [3.8, 4) is 0 Å². The molecule has 2 N–H and O–H groups in total. The number of hydrogen-bond acceptors (Lipinski definition) is 3. The van der Waals surface area contributed by atoms with Crippen LogP contribution in [0.4, 0.5) is 0 Å². The second kappa shape index (κ2) is 9.81. The lowest BCUT2D eigenvalue weighted by atomic mass is 9.80. The zero-order valence-electron chi connectivity index (χ0n) is 17.7. The summed E-state index contributed by atoms with van der Waals surface area (Å²) in [4.78, 5) is 14.0. The van der Waals surface area contributed by atoms with Gasteiger partial charge in [0, 0.05) is 16.8 Å². The summed E-state index contributed by atoms with van der Waals surface area (Å²) in [5.41, 5.74) is 6.70. The molecule has 5 nitrogen and oxygen atoms in total. The van der Waals surface area contributed by atoms with E-state index >= 15 is 0 Å². The third-order valence-corrected chi connectivity index (χ3v) is 5.47. The molecule has 154 valence electrons. The van der Waals surface area contributed by atoms with Crippen LogP contribution in [0.5, 0.6) is 0 Å². The first kappa shape index (κ1) is 21.2. The van der Waals surface area contributed by atoms with Crippen molar-refractivity contribution < 1.29 is 14.4 Å². The lowest BCUT2D eigenvalue weighted by Gasteiger charge is -2.25. The van der Waals surface area contributed by atoms with Gasteiger partial charge < -0.3 is 9.64 Å². The number of amides is 1. The molecule has 5 heteroatoms. The minimum atomic E-state index is -0.174. The van der Waals surface area contributed by atoms with Crippen LogP contribution in [0.15, 0.2) is 59.7 Å². The van der Waals surface area contributed by atoms with E-state index in [2.05, 4.69) is 48.6 Å². The van der Waals surface area contributed by atoms with Crippen molar-refractivity contribution in [3.05, 3.63) is 71.3 Å². The monoisotopic (exact) mass is 394 g/mol. The fourth-order valence-corrected chi connectivity index (χ4v) is 3.78. The van der Waals surface area contributed by atoms with Gasteiger partial charge in [-0.15, -0.1) is 0 Å². The number of ether oxygens (including phenoxy) is 1. The SMILES string of the molecule is C/C(CC(C)(C)c1ccccc1)=N/NC(=O)c1ccc(C[NH+]2CCOCC2)cc1. The molecule has 1 heterocycles. The molecule has 1 aliphatic heterocycles. The second-order valence-corrected chi connectivity index (χ2v) is 8.45. The van der Waals surface area contributed by atoms with Gasteiger partial charge in [-0.05, 0) is 36.5 Å². The van der Waals surface area contributed by atoms with Crippen LogP contribution < -0.4 is 10.3 Å². The molecule has 1 amide bonds. The highest BCUT2D eigenvalue weighted by Gasteiger charge is 2.21. The summed E-state index contributed by atoms with van der Waals surface area (Å²) in [5.74, 6) is -0.174. The van der Waals surface area contributed by atoms with E-state index in [-0.39, 0.29) is 11.3 Å². The van der Waals surface area contributed by atoms with Gasteiger partial charge in [0.25, 0.3) is 5.91 Å². The van der Waals surface area contributed by atoms with Crippen molar-refractivity contribution in [2.75, 3.05) is 26.3 Å². The third-order valence-electron chi connectivity index (χ3n) is 5.47. The van der Waals surface area contributed by atoms with E-state index in [4.69, 9.17) is 4.74 Å². The first-order chi connectivity index (χ1) is 13.9. The molecule has 0 radical (unpaired) electrons. The van der Waals surface area contributed by atoms with Gasteiger partial charge in [-0.3, -0.25) is 4.79 Å². The third kappa shape index (κ3) is 6.24. The predicted molar refractivity (Wildman–Crippen MR) is 116 cm³/mol. The molecule has 0 bridgehead atoms. The Kier molecular flexibility index (Phi) is 7.18. The Bertz CT molecular complexity index is 823. The second-order valence-electron chi connectivity index (χ2n) is 8.45. The van der Waals surface area contributed by atoms with Crippen LogP contribution in [0.2, 0.25) is 0 Å². The number of carbonyl (C=O) groups is 1. The van der Waals surface area contributed by atoms with Crippen LogP contribution in [0.25, 0.3) is 0 Å². The Morgan fingerprint density at radius 1 is 1.07 bits per heavy atom. The van der Waals surface area contributed by atoms with E-state index in [1.165, 1.54) is 16.0 Å². The Balaban J connectivity index is 1.54. The molecule has 1 fully saturated rings. The zero-order chi connectivity index (χ0) is 20.7. The molecule has 0 spiro atoms. The Labute approximate surface area is 173 Å². The van der Waals surface area contributed by atoms with Crippen molar-refractivity contribution in [2.45, 2.75) is 39.2 Å². The van der Waals surface area contributed by atoms with Crippen molar-refractivity contribution in [1.29, 1.82) is 0 Å². The molecule has 29 heavy (non-hydrogen) atoms. The number of nitrogens with zero attached hydrogens (tertiary/aromatic N) is 1. The topological polar surface area (TPSA) is 55.1 Å². The van der Waals surface area contributed by atoms with E-state index in [9.17, 15) is 4.79 Å². The van der Waals surface area contributed by atoms with Crippen LogP contribution in [0.1, 0.15) is 48.7 Å². The summed E-state index contributed by atoms with van der Waals surface area (Å²) < 4.78 is 5.40. The summed E-state index contributed by atoms with van der Waals surface area (Å²) in [6.07, 6.45) is 0.776. The van der Waals surface area contributed by atoms with Crippen LogP contribution in [-0.4, -0.2) is 37.9 Å².